The molecule has 2 aliphatic heterocycles. The number of hydrogen-bond acceptors (Lipinski definition) is 18. The van der Waals surface area contributed by atoms with Crippen LogP contribution in [0.2, 0.25) is 0 Å². The Morgan fingerprint density at radius 1 is 1.26 bits per heavy atom. The zero-order valence-electron chi connectivity index (χ0n) is 27.2. The van der Waals surface area contributed by atoms with E-state index in [4.69, 9.17) is 39.6 Å². The number of oxime groups is 1. The zero-order valence-corrected chi connectivity index (χ0v) is 28.6. The highest BCUT2D eigenvalue weighted by molar-refractivity contribution is 8.00. The van der Waals surface area contributed by atoms with Crippen LogP contribution < -0.4 is 37.8 Å². The molecule has 2 aliphatic rings. The van der Waals surface area contributed by atoms with E-state index in [9.17, 15) is 34.2 Å². The van der Waals surface area contributed by atoms with Gasteiger partial charge < -0.3 is 52.0 Å². The maximum atomic E-state index is 13.3. The van der Waals surface area contributed by atoms with E-state index < -0.39 is 62.9 Å². The Hall–Kier alpha value is -5.09. The van der Waals surface area contributed by atoms with Crippen LogP contribution in [0.1, 0.15) is 21.1 Å². The molecule has 1 saturated heterocycles. The summed E-state index contributed by atoms with van der Waals surface area (Å²) >= 11 is 1.96. The van der Waals surface area contributed by atoms with E-state index >= 15 is 0 Å². The molecule has 4 heterocycles. The van der Waals surface area contributed by atoms with Crippen LogP contribution in [-0.4, -0.2) is 118 Å². The van der Waals surface area contributed by atoms with Gasteiger partial charge in [-0.3, -0.25) is 28.2 Å². The average Bonchev–Trinajstić information content (AvgIpc) is 3.55. The number of aromatic nitrogens is 4. The van der Waals surface area contributed by atoms with E-state index in [1.165, 1.54) is 36.5 Å². The number of carboxylic acids is 2. The van der Waals surface area contributed by atoms with Gasteiger partial charge in [0.25, 0.3) is 11.8 Å². The van der Waals surface area contributed by atoms with E-state index in [1.54, 1.807) is 11.7 Å². The van der Waals surface area contributed by atoms with Crippen molar-refractivity contribution < 1.29 is 62.7 Å². The van der Waals surface area contributed by atoms with Crippen LogP contribution >= 0.6 is 23.3 Å². The second-order valence-electron chi connectivity index (χ2n) is 10.5. The summed E-state index contributed by atoms with van der Waals surface area (Å²) in [6, 6.07) is -1.68. The molecular formula is C23H32N12O12S3. The lowest BCUT2D eigenvalue weighted by Gasteiger charge is -2.49. The maximum absolute atomic E-state index is 13.3. The third-order valence-corrected chi connectivity index (χ3v) is 8.49. The zero-order chi connectivity index (χ0) is 37.7. The van der Waals surface area contributed by atoms with E-state index in [1.807, 2.05) is 0 Å². The largest absolute Gasteiger partial charge is 1.00 e. The number of nitrogens with zero attached hydrogens (tertiary/aromatic N) is 6. The van der Waals surface area contributed by atoms with Crippen LogP contribution in [0.15, 0.2) is 22.6 Å². The predicted octanol–water partition coefficient (Wildman–Crippen LogP) is -3.79. The van der Waals surface area contributed by atoms with Crippen molar-refractivity contribution in [2.45, 2.75) is 37.4 Å². The summed E-state index contributed by atoms with van der Waals surface area (Å²) in [5.74, 6) is -4.28. The molecule has 4 amide bonds. The van der Waals surface area contributed by atoms with Crippen LogP contribution in [0, 0.1) is 0 Å². The molecule has 0 unspecified atom stereocenters. The van der Waals surface area contributed by atoms with Crippen molar-refractivity contribution in [3.63, 3.8) is 0 Å². The summed E-state index contributed by atoms with van der Waals surface area (Å²) in [7, 11) is -3.55. The monoisotopic (exact) mass is 764 g/mol. The number of nitrogens with one attached hydrogen (secondary N) is 3. The number of carbonyl (C=O) groups is 5. The molecule has 0 saturated carbocycles. The molecule has 50 heavy (non-hydrogen) atoms. The molecule has 0 aliphatic carbocycles. The molecule has 2 aromatic rings. The lowest BCUT2D eigenvalue weighted by molar-refractivity contribution is -0.765. The summed E-state index contributed by atoms with van der Waals surface area (Å²) < 4.78 is 41.1. The number of urea groups is 1. The van der Waals surface area contributed by atoms with Gasteiger partial charge in [-0.05, 0) is 13.8 Å². The second-order valence-corrected chi connectivity index (χ2v) is 13.3. The summed E-state index contributed by atoms with van der Waals surface area (Å²) in [5.41, 5.74) is 15.2. The highest BCUT2D eigenvalue weighted by Gasteiger charge is 2.55. The van der Waals surface area contributed by atoms with Gasteiger partial charge in [0, 0.05) is 46.3 Å². The van der Waals surface area contributed by atoms with E-state index in [2.05, 4.69) is 30.5 Å². The fourth-order valence-corrected chi connectivity index (χ4v) is 5.91. The Morgan fingerprint density at radius 2 is 1.90 bits per heavy atom. The SMILES string of the molecule is Cn1c(N)c(NC(=O)NCCN)c[n+]1CC1=C(C(=O)O)N2C(=O)[C@@H](NC(=O)/C(=N\OC(C)(C)C(=O)O)c3nsc(N)n3)[C@H]2SC1.O=S(=O)([O-])[O-].[H+]. The van der Waals surface area contributed by atoms with Crippen molar-refractivity contribution in [2.24, 2.45) is 17.9 Å². The highest BCUT2D eigenvalue weighted by Crippen LogP contribution is 2.40. The first kappa shape index (κ1) is 39.3. The van der Waals surface area contributed by atoms with E-state index in [-0.39, 0.29) is 55.0 Å². The minimum atomic E-state index is -5.17. The number of nitrogen functional groups attached to an aromatic ring is 2. The van der Waals surface area contributed by atoms with Crippen molar-refractivity contribution in [3.05, 3.63) is 23.3 Å². The first-order valence-corrected chi connectivity index (χ1v) is 16.9. The summed E-state index contributed by atoms with van der Waals surface area (Å²) in [5, 5.41) is 29.9. The summed E-state index contributed by atoms with van der Waals surface area (Å²) in [4.78, 5) is 72.4. The summed E-state index contributed by atoms with van der Waals surface area (Å²) in [6.07, 6.45) is 1.52. The van der Waals surface area contributed by atoms with Crippen LogP contribution in [0.5, 0.6) is 0 Å². The molecule has 1 fully saturated rings. The predicted molar refractivity (Wildman–Crippen MR) is 171 cm³/mol. The molecular weight excluding hydrogens is 733 g/mol. The molecule has 0 radical (unpaired) electrons. The molecule has 11 N–H and O–H groups in total. The number of β-lactam (4-membered cyclic amide) rings is 1. The Labute approximate surface area is 291 Å². The van der Waals surface area contributed by atoms with Gasteiger partial charge in [-0.25, -0.2) is 14.4 Å². The van der Waals surface area contributed by atoms with E-state index in [0.717, 1.165) is 16.4 Å². The average molecular weight is 765 g/mol. The van der Waals surface area contributed by atoms with Crippen LogP contribution in [0.25, 0.3) is 0 Å². The third kappa shape index (κ3) is 9.53. The first-order chi connectivity index (χ1) is 23.2. The standard InChI is InChI=1S/C23H30N12O8S2.H2O4S/c1-23(2,20(40)41)43-31-11(15-30-21(26)45-32-15)16(36)29-12-17(37)35-13(19(38)39)9(8-44-18(12)35)6-34-7-10(14(25)33(34)3)28-22(42)27-5-4-24;1-5(2,3)4/h7,12,18,25H,4-6,8,24H2,1-3H3,(H7,26,27,28,29,30,32,36,38,39,40,41,42);(H2,1,2,3,4)/b31-11-;/t12-,18-;/m1./s1. The Balaban J connectivity index is 0.00000140. The van der Waals surface area contributed by atoms with Gasteiger partial charge in [0.2, 0.25) is 23.3 Å². The number of aliphatic carboxylic acids is 2. The topological polar surface area (TPSA) is 380 Å². The molecule has 0 aromatic carbocycles. The van der Waals surface area contributed by atoms with Gasteiger partial charge in [-0.1, -0.05) is 5.16 Å². The normalized spacial score (nSPS) is 17.5. The third-order valence-electron chi connectivity index (χ3n) is 6.60. The minimum absolute atomic E-state index is 0. The smallest absolute Gasteiger partial charge is 0.759 e. The number of carboxylic acid groups (broad SMARTS) is 2. The van der Waals surface area contributed by atoms with Gasteiger partial charge in [-0.15, -0.1) is 21.1 Å². The fourth-order valence-electron chi connectivity index (χ4n) is 4.14. The van der Waals surface area contributed by atoms with E-state index in [0.29, 0.717) is 5.57 Å². The first-order valence-electron chi connectivity index (χ1n) is 13.7. The maximum Gasteiger partial charge on any atom is 1.00 e. The lowest BCUT2D eigenvalue weighted by Crippen LogP contribution is -2.71. The molecule has 2 aromatic heterocycles. The van der Waals surface area contributed by atoms with Gasteiger partial charge in [0.1, 0.15) is 17.1 Å². The number of anilines is 3. The Bertz CT molecular complexity index is 1850. The molecule has 0 spiro atoms. The highest BCUT2D eigenvalue weighted by atomic mass is 32.3. The molecule has 4 rings (SSSR count). The number of hydrogen-bond donors (Lipinski definition) is 8. The van der Waals surface area contributed by atoms with Crippen molar-refractivity contribution in [1.82, 2.24) is 29.6 Å². The lowest BCUT2D eigenvalue weighted by atomic mass is 10.0. The van der Waals surface area contributed by atoms with Gasteiger partial charge in [0.15, 0.2) is 23.2 Å². The molecule has 2 atom stereocenters. The second kappa shape index (κ2) is 15.6. The summed E-state index contributed by atoms with van der Waals surface area (Å²) in [6.45, 7) is 2.92. The minimum Gasteiger partial charge on any atom is -0.759 e. The number of amides is 4. The van der Waals surface area contributed by atoms with Gasteiger partial charge in [0.05, 0.1) is 7.05 Å². The van der Waals surface area contributed by atoms with Crippen molar-refractivity contribution in [2.75, 3.05) is 35.6 Å². The number of thioether (sulfide) groups is 1. The number of nitrogens with two attached hydrogens (primary N) is 3. The van der Waals surface area contributed by atoms with Crippen LogP contribution in [-0.2, 0) is 48.0 Å². The number of rotatable bonds is 12. The Morgan fingerprint density at radius 3 is 2.44 bits per heavy atom. The van der Waals surface area contributed by atoms with Crippen LogP contribution in [0.4, 0.5) is 21.4 Å². The van der Waals surface area contributed by atoms with Crippen molar-refractivity contribution in [1.29, 1.82) is 0 Å². The number of carbonyl (C=O) groups excluding carboxylic acids is 3. The number of fused-ring (bicyclic) bond motifs is 1. The molecule has 274 valence electrons. The van der Waals surface area contributed by atoms with Gasteiger partial charge in [-0.2, -0.15) is 9.36 Å². The van der Waals surface area contributed by atoms with Crippen molar-refractivity contribution in [3.8, 4) is 0 Å². The Kier molecular flexibility index (Phi) is 12.3. The molecule has 24 nitrogen and oxygen atoms in total. The van der Waals surface area contributed by atoms with Crippen LogP contribution in [0.3, 0.4) is 0 Å². The fraction of sp³-hybridized carbons (Fsp3) is 0.435. The van der Waals surface area contributed by atoms with Gasteiger partial charge >= 0.3 is 19.4 Å². The quantitative estimate of drug-likeness (QED) is 0.0256. The molecule has 0 bridgehead atoms. The van der Waals surface area contributed by atoms with Crippen molar-refractivity contribution >= 4 is 85.8 Å². The molecule has 27 heteroatoms.